The summed E-state index contributed by atoms with van der Waals surface area (Å²) in [7, 11) is 0. The van der Waals surface area contributed by atoms with Crippen molar-refractivity contribution in [2.45, 2.75) is 52.0 Å². The van der Waals surface area contributed by atoms with Crippen LogP contribution in [0.4, 0.5) is 0 Å². The van der Waals surface area contributed by atoms with E-state index >= 15 is 0 Å². The van der Waals surface area contributed by atoms with E-state index in [1.165, 1.54) is 37.0 Å². The van der Waals surface area contributed by atoms with Crippen LogP contribution in [0.5, 0.6) is 0 Å². The summed E-state index contributed by atoms with van der Waals surface area (Å²) in [6.07, 6.45) is 6.55. The van der Waals surface area contributed by atoms with Crippen molar-refractivity contribution in [1.82, 2.24) is 5.32 Å². The van der Waals surface area contributed by atoms with E-state index in [0.717, 1.165) is 6.54 Å². The molecule has 0 aliphatic rings. The molecule has 0 unspecified atom stereocenters. The average molecular weight is 225 g/mol. The molecule has 0 fully saturated rings. The second-order valence-corrected chi connectivity index (χ2v) is 5.21. The molecule has 1 atom stereocenters. The summed E-state index contributed by atoms with van der Waals surface area (Å²) in [5.41, 5.74) is 0. The van der Waals surface area contributed by atoms with Gasteiger partial charge in [-0.25, -0.2) is 0 Å². The van der Waals surface area contributed by atoms with Crippen molar-refractivity contribution in [2.24, 2.45) is 0 Å². The highest BCUT2D eigenvalue weighted by molar-refractivity contribution is 7.09. The molecule has 0 aliphatic heterocycles. The molecule has 1 aromatic heterocycles. The van der Waals surface area contributed by atoms with Crippen molar-refractivity contribution in [2.75, 3.05) is 6.54 Å². The summed E-state index contributed by atoms with van der Waals surface area (Å²) < 4.78 is 0. The molecule has 0 aliphatic carbocycles. The van der Waals surface area contributed by atoms with Crippen LogP contribution in [0.3, 0.4) is 0 Å². The van der Waals surface area contributed by atoms with E-state index in [2.05, 4.69) is 36.7 Å². The molecule has 1 N–H and O–H groups in total. The number of thiophene rings is 1. The van der Waals surface area contributed by atoms with E-state index in [0.29, 0.717) is 6.04 Å². The third kappa shape index (κ3) is 5.95. The van der Waals surface area contributed by atoms with Crippen molar-refractivity contribution in [3.63, 3.8) is 0 Å². The van der Waals surface area contributed by atoms with Gasteiger partial charge in [-0.05, 0) is 31.2 Å². The smallest absolute Gasteiger partial charge is 0.00578 e. The van der Waals surface area contributed by atoms with Gasteiger partial charge >= 0.3 is 0 Å². The van der Waals surface area contributed by atoms with E-state index in [9.17, 15) is 0 Å². The van der Waals surface area contributed by atoms with E-state index in [1.54, 1.807) is 0 Å². The minimum atomic E-state index is 0.677. The largest absolute Gasteiger partial charge is 0.314 e. The molecular formula is C13H23NS. The Bertz CT molecular complexity index is 231. The van der Waals surface area contributed by atoms with Gasteiger partial charge < -0.3 is 5.32 Å². The highest BCUT2D eigenvalue weighted by Gasteiger charge is 2.00. The van der Waals surface area contributed by atoms with E-state index in [4.69, 9.17) is 0 Å². The van der Waals surface area contributed by atoms with Crippen LogP contribution in [-0.2, 0) is 6.42 Å². The fraction of sp³-hybridized carbons (Fsp3) is 0.692. The van der Waals surface area contributed by atoms with Crippen LogP contribution in [0.1, 0.15) is 44.4 Å². The summed E-state index contributed by atoms with van der Waals surface area (Å²) in [6, 6.07) is 5.02. The van der Waals surface area contributed by atoms with Gasteiger partial charge in [-0.3, -0.25) is 0 Å². The lowest BCUT2D eigenvalue weighted by Crippen LogP contribution is -2.27. The summed E-state index contributed by atoms with van der Waals surface area (Å²) >= 11 is 1.86. The zero-order chi connectivity index (χ0) is 10.9. The zero-order valence-corrected chi connectivity index (χ0v) is 10.8. The Kier molecular flexibility index (Phi) is 6.69. The molecule has 0 bridgehead atoms. The van der Waals surface area contributed by atoms with Crippen molar-refractivity contribution < 1.29 is 0 Å². The summed E-state index contributed by atoms with van der Waals surface area (Å²) in [5.74, 6) is 0. The fourth-order valence-electron chi connectivity index (χ4n) is 1.70. The van der Waals surface area contributed by atoms with E-state index in [-0.39, 0.29) is 0 Å². The third-order valence-electron chi connectivity index (χ3n) is 2.68. The number of unbranched alkanes of at least 4 members (excludes halogenated alkanes) is 2. The molecule has 0 amide bonds. The molecule has 1 rings (SSSR count). The zero-order valence-electron chi connectivity index (χ0n) is 9.96. The minimum absolute atomic E-state index is 0.677. The average Bonchev–Trinajstić information content (AvgIpc) is 2.71. The molecular weight excluding hydrogens is 202 g/mol. The molecule has 0 saturated heterocycles. The van der Waals surface area contributed by atoms with Gasteiger partial charge in [0.15, 0.2) is 0 Å². The standard InChI is InChI=1S/C13H23NS/c1-3-4-5-7-12(2)14-10-9-13-8-6-11-15-13/h6,8,11-12,14H,3-5,7,9-10H2,1-2H3/t12-/m1/s1. The van der Waals surface area contributed by atoms with Crippen molar-refractivity contribution in [3.8, 4) is 0 Å². The summed E-state index contributed by atoms with van der Waals surface area (Å²) in [6.45, 7) is 5.67. The summed E-state index contributed by atoms with van der Waals surface area (Å²) in [5, 5.41) is 5.74. The Balaban J connectivity index is 1.99. The van der Waals surface area contributed by atoms with Crippen LogP contribution >= 0.6 is 11.3 Å². The van der Waals surface area contributed by atoms with Gasteiger partial charge in [-0.15, -0.1) is 11.3 Å². The van der Waals surface area contributed by atoms with Gasteiger partial charge in [-0.1, -0.05) is 32.3 Å². The number of hydrogen-bond donors (Lipinski definition) is 1. The first kappa shape index (κ1) is 12.7. The fourth-order valence-corrected chi connectivity index (χ4v) is 2.41. The quantitative estimate of drug-likeness (QED) is 0.663. The molecule has 0 radical (unpaired) electrons. The molecule has 15 heavy (non-hydrogen) atoms. The van der Waals surface area contributed by atoms with Crippen LogP contribution in [0.2, 0.25) is 0 Å². The normalized spacial score (nSPS) is 12.9. The maximum atomic E-state index is 3.59. The highest BCUT2D eigenvalue weighted by Crippen LogP contribution is 2.08. The molecule has 1 heterocycles. The summed E-state index contributed by atoms with van der Waals surface area (Å²) in [4.78, 5) is 1.49. The Morgan fingerprint density at radius 3 is 2.93 bits per heavy atom. The first-order valence-electron chi connectivity index (χ1n) is 6.08. The molecule has 0 saturated carbocycles. The minimum Gasteiger partial charge on any atom is -0.314 e. The SMILES string of the molecule is CCCCC[C@@H](C)NCCc1cccs1. The Morgan fingerprint density at radius 1 is 1.40 bits per heavy atom. The molecule has 86 valence electrons. The lowest BCUT2D eigenvalue weighted by molar-refractivity contribution is 0.491. The predicted octanol–water partition coefficient (Wildman–Crippen LogP) is 3.85. The lowest BCUT2D eigenvalue weighted by atomic mass is 10.1. The molecule has 1 aromatic rings. The van der Waals surface area contributed by atoms with Gasteiger partial charge in [-0.2, -0.15) is 0 Å². The topological polar surface area (TPSA) is 12.0 Å². The van der Waals surface area contributed by atoms with Gasteiger partial charge in [0.1, 0.15) is 0 Å². The number of hydrogen-bond acceptors (Lipinski definition) is 2. The molecule has 0 aromatic carbocycles. The first-order chi connectivity index (χ1) is 7.33. The van der Waals surface area contributed by atoms with E-state index in [1.807, 2.05) is 11.3 Å². The maximum absolute atomic E-state index is 3.59. The second-order valence-electron chi connectivity index (χ2n) is 4.18. The van der Waals surface area contributed by atoms with Crippen LogP contribution in [0.25, 0.3) is 0 Å². The highest BCUT2D eigenvalue weighted by atomic mass is 32.1. The molecule has 0 spiro atoms. The molecule has 1 nitrogen and oxygen atoms in total. The predicted molar refractivity (Wildman–Crippen MR) is 69.6 cm³/mol. The van der Waals surface area contributed by atoms with Crippen LogP contribution in [-0.4, -0.2) is 12.6 Å². The van der Waals surface area contributed by atoms with Crippen molar-refractivity contribution >= 4 is 11.3 Å². The Morgan fingerprint density at radius 2 is 2.27 bits per heavy atom. The van der Waals surface area contributed by atoms with Gasteiger partial charge in [0, 0.05) is 17.5 Å². The Labute approximate surface area is 97.9 Å². The lowest BCUT2D eigenvalue weighted by Gasteiger charge is -2.12. The van der Waals surface area contributed by atoms with Crippen LogP contribution < -0.4 is 5.32 Å². The van der Waals surface area contributed by atoms with Crippen LogP contribution in [0.15, 0.2) is 17.5 Å². The maximum Gasteiger partial charge on any atom is 0.00578 e. The second kappa shape index (κ2) is 7.89. The monoisotopic (exact) mass is 225 g/mol. The molecule has 2 heteroatoms. The van der Waals surface area contributed by atoms with E-state index < -0.39 is 0 Å². The number of nitrogens with one attached hydrogen (secondary N) is 1. The third-order valence-corrected chi connectivity index (χ3v) is 3.62. The van der Waals surface area contributed by atoms with Crippen LogP contribution in [0, 0.1) is 0 Å². The first-order valence-corrected chi connectivity index (χ1v) is 6.96. The number of rotatable bonds is 8. The van der Waals surface area contributed by atoms with Crippen molar-refractivity contribution in [1.29, 1.82) is 0 Å². The Hall–Kier alpha value is -0.340. The van der Waals surface area contributed by atoms with Gasteiger partial charge in [0.05, 0.1) is 0 Å². The van der Waals surface area contributed by atoms with Crippen molar-refractivity contribution in [3.05, 3.63) is 22.4 Å². The van der Waals surface area contributed by atoms with Gasteiger partial charge in [0.2, 0.25) is 0 Å². The van der Waals surface area contributed by atoms with Gasteiger partial charge in [0.25, 0.3) is 0 Å².